The van der Waals surface area contributed by atoms with Gasteiger partial charge in [0.2, 0.25) is 5.91 Å². The van der Waals surface area contributed by atoms with Crippen molar-refractivity contribution < 1.29 is 9.90 Å². The first-order valence-corrected chi connectivity index (χ1v) is 8.61. The molecule has 1 aromatic carbocycles. The number of hydrogen-bond donors (Lipinski definition) is 3. The lowest BCUT2D eigenvalue weighted by molar-refractivity contribution is -0.123. The number of amides is 1. The lowest BCUT2D eigenvalue weighted by atomic mass is 10.1. The smallest absolute Gasteiger partial charge is 0.237 e. The molecule has 3 atom stereocenters. The van der Waals surface area contributed by atoms with Gasteiger partial charge in [-0.2, -0.15) is 0 Å². The topological polar surface area (TPSA) is 64.6 Å². The molecule has 2 aliphatic rings. The lowest BCUT2D eigenvalue weighted by Crippen LogP contribution is -2.42. The summed E-state index contributed by atoms with van der Waals surface area (Å²) in [6.07, 6.45) is 1.16. The van der Waals surface area contributed by atoms with Crippen LogP contribution in [0.25, 0.3) is 0 Å². The number of carbonyl (C=O) groups is 1. The molecule has 2 saturated heterocycles. The van der Waals surface area contributed by atoms with Gasteiger partial charge in [-0.05, 0) is 43.4 Å². The fraction of sp³-hybridized carbons (Fsp3) is 0.588. The molecule has 0 spiro atoms. The summed E-state index contributed by atoms with van der Waals surface area (Å²) in [5.74, 6) is 0.447. The van der Waals surface area contributed by atoms with Crippen molar-refractivity contribution in [2.24, 2.45) is 5.92 Å². The molecule has 0 saturated carbocycles. The van der Waals surface area contributed by atoms with Gasteiger partial charge in [-0.15, -0.1) is 0 Å². The van der Waals surface area contributed by atoms with Crippen LogP contribution in [0.15, 0.2) is 18.2 Å². The fourth-order valence-corrected chi connectivity index (χ4v) is 3.59. The molecular formula is C17H24ClN3O2. The van der Waals surface area contributed by atoms with Crippen molar-refractivity contribution in [1.29, 1.82) is 0 Å². The molecule has 23 heavy (non-hydrogen) atoms. The number of aliphatic hydroxyl groups excluding tert-OH is 1. The molecular weight excluding hydrogens is 314 g/mol. The Hall–Kier alpha value is -1.30. The van der Waals surface area contributed by atoms with Crippen LogP contribution in [0.4, 0.5) is 5.69 Å². The van der Waals surface area contributed by atoms with Gasteiger partial charge in [-0.25, -0.2) is 0 Å². The Labute approximate surface area is 142 Å². The number of benzene rings is 1. The lowest BCUT2D eigenvalue weighted by Gasteiger charge is -2.21. The van der Waals surface area contributed by atoms with Crippen LogP contribution in [-0.4, -0.2) is 49.3 Å². The van der Waals surface area contributed by atoms with E-state index in [1.807, 2.05) is 18.2 Å². The summed E-state index contributed by atoms with van der Waals surface area (Å²) in [6, 6.07) is 5.72. The van der Waals surface area contributed by atoms with Crippen molar-refractivity contribution in [2.45, 2.75) is 31.9 Å². The SMILES string of the molecule is Cc1ccc(Cl)cc1N1CCC(CNC(=O)C2CC(O)CN2)C1. The summed E-state index contributed by atoms with van der Waals surface area (Å²) in [5, 5.41) is 16.3. The summed E-state index contributed by atoms with van der Waals surface area (Å²) in [5.41, 5.74) is 2.41. The summed E-state index contributed by atoms with van der Waals surface area (Å²) in [6.45, 7) is 5.20. The Morgan fingerprint density at radius 2 is 2.35 bits per heavy atom. The minimum Gasteiger partial charge on any atom is -0.392 e. The van der Waals surface area contributed by atoms with Crippen LogP contribution in [0, 0.1) is 12.8 Å². The van der Waals surface area contributed by atoms with Gasteiger partial charge in [0, 0.05) is 36.9 Å². The molecule has 0 radical (unpaired) electrons. The second kappa shape index (κ2) is 7.07. The Morgan fingerprint density at radius 1 is 1.52 bits per heavy atom. The van der Waals surface area contributed by atoms with Crippen LogP contribution in [-0.2, 0) is 4.79 Å². The number of hydrogen-bond acceptors (Lipinski definition) is 4. The van der Waals surface area contributed by atoms with Crippen molar-refractivity contribution in [2.75, 3.05) is 31.1 Å². The van der Waals surface area contributed by atoms with Crippen molar-refractivity contribution in [3.8, 4) is 0 Å². The third kappa shape index (κ3) is 3.97. The van der Waals surface area contributed by atoms with E-state index in [1.54, 1.807) is 0 Å². The molecule has 3 rings (SSSR count). The molecule has 2 fully saturated rings. The number of nitrogens with zero attached hydrogens (tertiary/aromatic N) is 1. The van der Waals surface area contributed by atoms with E-state index in [-0.39, 0.29) is 11.9 Å². The maximum absolute atomic E-state index is 12.1. The highest BCUT2D eigenvalue weighted by Gasteiger charge is 2.29. The predicted octanol–water partition coefficient (Wildman–Crippen LogP) is 1.31. The second-order valence-electron chi connectivity index (χ2n) is 6.63. The zero-order chi connectivity index (χ0) is 16.4. The number of aryl methyl sites for hydroxylation is 1. The first-order valence-electron chi connectivity index (χ1n) is 8.23. The van der Waals surface area contributed by atoms with Gasteiger partial charge >= 0.3 is 0 Å². The Bertz CT molecular complexity index is 581. The second-order valence-corrected chi connectivity index (χ2v) is 7.06. The van der Waals surface area contributed by atoms with E-state index in [0.717, 1.165) is 24.5 Å². The van der Waals surface area contributed by atoms with Crippen LogP contribution in [0.1, 0.15) is 18.4 Å². The molecule has 0 aliphatic carbocycles. The van der Waals surface area contributed by atoms with Crippen molar-refractivity contribution in [3.05, 3.63) is 28.8 Å². The Kier molecular flexibility index (Phi) is 5.09. The largest absolute Gasteiger partial charge is 0.392 e. The molecule has 6 heteroatoms. The zero-order valence-electron chi connectivity index (χ0n) is 13.4. The number of carbonyl (C=O) groups excluding carboxylic acids is 1. The van der Waals surface area contributed by atoms with Gasteiger partial charge in [0.15, 0.2) is 0 Å². The normalized spacial score (nSPS) is 27.4. The molecule has 5 nitrogen and oxygen atoms in total. The van der Waals surface area contributed by atoms with Crippen LogP contribution < -0.4 is 15.5 Å². The Morgan fingerprint density at radius 3 is 3.09 bits per heavy atom. The molecule has 0 aromatic heterocycles. The third-order valence-corrected chi connectivity index (χ3v) is 5.02. The van der Waals surface area contributed by atoms with E-state index in [1.165, 1.54) is 11.3 Å². The van der Waals surface area contributed by atoms with E-state index >= 15 is 0 Å². The predicted molar refractivity (Wildman–Crippen MR) is 91.9 cm³/mol. The minimum atomic E-state index is -0.404. The van der Waals surface area contributed by atoms with E-state index in [4.69, 9.17) is 11.6 Å². The molecule has 2 heterocycles. The highest BCUT2D eigenvalue weighted by Crippen LogP contribution is 2.29. The average Bonchev–Trinajstić information content (AvgIpc) is 3.16. The van der Waals surface area contributed by atoms with Crippen LogP contribution in [0.5, 0.6) is 0 Å². The molecule has 3 N–H and O–H groups in total. The van der Waals surface area contributed by atoms with Gasteiger partial charge in [0.1, 0.15) is 0 Å². The number of nitrogens with one attached hydrogen (secondary N) is 2. The maximum atomic E-state index is 12.1. The van der Waals surface area contributed by atoms with Gasteiger partial charge in [-0.1, -0.05) is 17.7 Å². The molecule has 2 aliphatic heterocycles. The van der Waals surface area contributed by atoms with E-state index in [9.17, 15) is 9.90 Å². The van der Waals surface area contributed by atoms with Gasteiger partial charge in [0.25, 0.3) is 0 Å². The van der Waals surface area contributed by atoms with Gasteiger partial charge in [-0.3, -0.25) is 4.79 Å². The molecule has 0 bridgehead atoms. The van der Waals surface area contributed by atoms with E-state index < -0.39 is 6.10 Å². The average molecular weight is 338 g/mol. The van der Waals surface area contributed by atoms with Crippen LogP contribution in [0.3, 0.4) is 0 Å². The standard InChI is InChI=1S/C17H24ClN3O2/c1-11-2-3-13(18)6-16(11)21-5-4-12(10-21)8-20-17(23)15-7-14(22)9-19-15/h2-3,6,12,14-15,19,22H,4-5,7-10H2,1H3,(H,20,23). The first kappa shape index (κ1) is 16.6. The fourth-order valence-electron chi connectivity index (χ4n) is 3.43. The highest BCUT2D eigenvalue weighted by atomic mass is 35.5. The van der Waals surface area contributed by atoms with Crippen molar-refractivity contribution in [1.82, 2.24) is 10.6 Å². The monoisotopic (exact) mass is 337 g/mol. The maximum Gasteiger partial charge on any atom is 0.237 e. The van der Waals surface area contributed by atoms with Gasteiger partial charge < -0.3 is 20.6 Å². The summed E-state index contributed by atoms with van der Waals surface area (Å²) < 4.78 is 0. The minimum absolute atomic E-state index is 0.000985. The Balaban J connectivity index is 1.50. The summed E-state index contributed by atoms with van der Waals surface area (Å²) in [7, 11) is 0. The molecule has 126 valence electrons. The number of β-amino-alcohol motifs (C(OH)–C–C–N with tert-alkyl or cyclic N) is 1. The van der Waals surface area contributed by atoms with Crippen molar-refractivity contribution in [3.63, 3.8) is 0 Å². The van der Waals surface area contributed by atoms with E-state index in [0.29, 0.717) is 25.4 Å². The quantitative estimate of drug-likeness (QED) is 0.775. The summed E-state index contributed by atoms with van der Waals surface area (Å²) in [4.78, 5) is 14.4. The van der Waals surface area contributed by atoms with Crippen LogP contribution >= 0.6 is 11.6 Å². The van der Waals surface area contributed by atoms with E-state index in [2.05, 4.69) is 22.5 Å². The van der Waals surface area contributed by atoms with Crippen molar-refractivity contribution >= 4 is 23.2 Å². The number of rotatable bonds is 4. The number of anilines is 1. The number of halogens is 1. The third-order valence-electron chi connectivity index (χ3n) is 4.79. The molecule has 1 aromatic rings. The summed E-state index contributed by atoms with van der Waals surface area (Å²) >= 11 is 6.11. The van der Waals surface area contributed by atoms with Crippen LogP contribution in [0.2, 0.25) is 5.02 Å². The number of aliphatic hydroxyl groups is 1. The zero-order valence-corrected chi connectivity index (χ0v) is 14.1. The van der Waals surface area contributed by atoms with Gasteiger partial charge in [0.05, 0.1) is 12.1 Å². The highest BCUT2D eigenvalue weighted by molar-refractivity contribution is 6.30. The first-order chi connectivity index (χ1) is 11.0. The molecule has 3 unspecified atom stereocenters. The molecule has 1 amide bonds.